The lowest BCUT2D eigenvalue weighted by Crippen LogP contribution is -2.29. The van der Waals surface area contributed by atoms with Crippen LogP contribution in [-0.2, 0) is 6.54 Å². The molecule has 0 radical (unpaired) electrons. The van der Waals surface area contributed by atoms with Gasteiger partial charge in [0.25, 0.3) is 5.91 Å². The fourth-order valence-corrected chi connectivity index (χ4v) is 3.07. The molecule has 1 N–H and O–H groups in total. The molecule has 0 bridgehead atoms. The van der Waals surface area contributed by atoms with Crippen molar-refractivity contribution in [3.05, 3.63) is 59.9 Å². The summed E-state index contributed by atoms with van der Waals surface area (Å²) in [5, 5.41) is 14.8. The molecule has 0 spiro atoms. The molecule has 2 aromatic heterocycles. The van der Waals surface area contributed by atoms with E-state index >= 15 is 0 Å². The van der Waals surface area contributed by atoms with E-state index in [9.17, 15) is 9.90 Å². The van der Waals surface area contributed by atoms with Crippen LogP contribution in [0.15, 0.2) is 48.8 Å². The maximum Gasteiger partial charge on any atom is 0.255 e. The van der Waals surface area contributed by atoms with E-state index in [2.05, 4.69) is 10.1 Å². The van der Waals surface area contributed by atoms with Crippen LogP contribution in [0.2, 0.25) is 0 Å². The Hall–Kier alpha value is -2.73. The van der Waals surface area contributed by atoms with Crippen molar-refractivity contribution in [1.82, 2.24) is 19.7 Å². The van der Waals surface area contributed by atoms with Gasteiger partial charge in [-0.3, -0.25) is 4.79 Å². The van der Waals surface area contributed by atoms with Gasteiger partial charge in [0.2, 0.25) is 0 Å². The molecule has 1 aliphatic heterocycles. The van der Waals surface area contributed by atoms with Crippen LogP contribution in [0.5, 0.6) is 0 Å². The molecule has 1 fully saturated rings. The van der Waals surface area contributed by atoms with Gasteiger partial charge >= 0.3 is 0 Å². The summed E-state index contributed by atoms with van der Waals surface area (Å²) in [7, 11) is 0. The molecule has 122 valence electrons. The first-order chi connectivity index (χ1) is 11.7. The van der Waals surface area contributed by atoms with E-state index in [1.54, 1.807) is 17.3 Å². The molecule has 0 aliphatic carbocycles. The number of carbonyl (C=O) groups is 1. The number of aromatic nitrogens is 3. The minimum Gasteiger partial charge on any atom is -0.391 e. The summed E-state index contributed by atoms with van der Waals surface area (Å²) in [4.78, 5) is 18.6. The standard InChI is InChI=1S/C18H18N4O2/c23-16-6-7-21(12-16)18(24)15-8-14-10-20-22(17(14)19-9-15)11-13-4-2-1-3-5-13/h1-5,8-10,16,23H,6-7,11-12H2/t16-/m1/s1. The highest BCUT2D eigenvalue weighted by molar-refractivity contribution is 5.97. The van der Waals surface area contributed by atoms with Crippen LogP contribution in [0.1, 0.15) is 22.3 Å². The molecule has 1 saturated heterocycles. The Bertz CT molecular complexity index is 875. The summed E-state index contributed by atoms with van der Waals surface area (Å²) in [6.07, 6.45) is 3.55. The zero-order valence-corrected chi connectivity index (χ0v) is 13.2. The molecule has 1 aliphatic rings. The second-order valence-corrected chi connectivity index (χ2v) is 6.12. The van der Waals surface area contributed by atoms with Gasteiger partial charge < -0.3 is 10.0 Å². The molecular weight excluding hydrogens is 304 g/mol. The third-order valence-corrected chi connectivity index (χ3v) is 4.35. The van der Waals surface area contributed by atoms with Crippen molar-refractivity contribution in [1.29, 1.82) is 0 Å². The maximum atomic E-state index is 12.5. The van der Waals surface area contributed by atoms with Gasteiger partial charge in [-0.15, -0.1) is 0 Å². The first-order valence-electron chi connectivity index (χ1n) is 8.03. The predicted molar refractivity (Wildman–Crippen MR) is 89.6 cm³/mol. The fourth-order valence-electron chi connectivity index (χ4n) is 3.07. The van der Waals surface area contributed by atoms with Crippen LogP contribution < -0.4 is 0 Å². The smallest absolute Gasteiger partial charge is 0.255 e. The van der Waals surface area contributed by atoms with Gasteiger partial charge in [-0.2, -0.15) is 5.10 Å². The molecule has 1 amide bonds. The number of carbonyl (C=O) groups excluding carboxylic acids is 1. The third-order valence-electron chi connectivity index (χ3n) is 4.35. The van der Waals surface area contributed by atoms with Crippen molar-refractivity contribution >= 4 is 16.9 Å². The summed E-state index contributed by atoms with van der Waals surface area (Å²) in [6.45, 7) is 1.62. The summed E-state index contributed by atoms with van der Waals surface area (Å²) in [5.41, 5.74) is 2.45. The number of rotatable bonds is 3. The number of aliphatic hydroxyl groups excluding tert-OH is 1. The van der Waals surface area contributed by atoms with E-state index in [1.807, 2.05) is 41.1 Å². The maximum absolute atomic E-state index is 12.5. The SMILES string of the molecule is O=C(c1cnc2c(cnn2Cc2ccccc2)c1)N1CC[C@@H](O)C1. The molecule has 0 saturated carbocycles. The molecule has 6 heteroatoms. The predicted octanol–water partition coefficient (Wildman–Crippen LogP) is 1.69. The topological polar surface area (TPSA) is 71.2 Å². The highest BCUT2D eigenvalue weighted by Crippen LogP contribution is 2.18. The lowest BCUT2D eigenvalue weighted by Gasteiger charge is -2.15. The summed E-state index contributed by atoms with van der Waals surface area (Å²) in [6, 6.07) is 11.9. The van der Waals surface area contributed by atoms with Crippen LogP contribution in [0.3, 0.4) is 0 Å². The molecule has 24 heavy (non-hydrogen) atoms. The van der Waals surface area contributed by atoms with E-state index in [0.29, 0.717) is 31.6 Å². The summed E-state index contributed by atoms with van der Waals surface area (Å²) in [5.74, 6) is -0.0863. The number of amides is 1. The second-order valence-electron chi connectivity index (χ2n) is 6.12. The first kappa shape index (κ1) is 14.8. The highest BCUT2D eigenvalue weighted by Gasteiger charge is 2.25. The Balaban J connectivity index is 1.60. The van der Waals surface area contributed by atoms with Gasteiger partial charge in [0.15, 0.2) is 5.65 Å². The highest BCUT2D eigenvalue weighted by atomic mass is 16.3. The van der Waals surface area contributed by atoms with Gasteiger partial charge in [-0.05, 0) is 18.1 Å². The minimum absolute atomic E-state index is 0.0863. The lowest BCUT2D eigenvalue weighted by molar-refractivity contribution is 0.0765. The molecular formula is C18H18N4O2. The van der Waals surface area contributed by atoms with Crippen LogP contribution >= 0.6 is 0 Å². The lowest BCUT2D eigenvalue weighted by atomic mass is 10.2. The first-order valence-corrected chi connectivity index (χ1v) is 8.03. The van der Waals surface area contributed by atoms with Gasteiger partial charge in [0.1, 0.15) is 0 Å². The average Bonchev–Trinajstić information content (AvgIpc) is 3.21. The zero-order valence-electron chi connectivity index (χ0n) is 13.2. The van der Waals surface area contributed by atoms with E-state index in [-0.39, 0.29) is 5.91 Å². The van der Waals surface area contributed by atoms with E-state index in [4.69, 9.17) is 0 Å². The quantitative estimate of drug-likeness (QED) is 0.796. The van der Waals surface area contributed by atoms with Crippen molar-refractivity contribution in [2.24, 2.45) is 0 Å². The third kappa shape index (κ3) is 2.76. The Morgan fingerprint density at radius 2 is 2.08 bits per heavy atom. The van der Waals surface area contributed by atoms with Gasteiger partial charge in [0.05, 0.1) is 24.4 Å². The van der Waals surface area contributed by atoms with Crippen molar-refractivity contribution < 1.29 is 9.90 Å². The second kappa shape index (κ2) is 6.05. The molecule has 3 heterocycles. The minimum atomic E-state index is -0.417. The number of hydrogen-bond acceptors (Lipinski definition) is 4. The summed E-state index contributed by atoms with van der Waals surface area (Å²) < 4.78 is 1.83. The molecule has 4 rings (SSSR count). The monoisotopic (exact) mass is 322 g/mol. The molecule has 3 aromatic rings. The van der Waals surface area contributed by atoms with Crippen LogP contribution in [0, 0.1) is 0 Å². The van der Waals surface area contributed by atoms with E-state index in [1.165, 1.54) is 0 Å². The van der Waals surface area contributed by atoms with Crippen LogP contribution in [-0.4, -0.2) is 49.9 Å². The molecule has 6 nitrogen and oxygen atoms in total. The van der Waals surface area contributed by atoms with Crippen LogP contribution in [0.4, 0.5) is 0 Å². The fraction of sp³-hybridized carbons (Fsp3) is 0.278. The van der Waals surface area contributed by atoms with Crippen LogP contribution in [0.25, 0.3) is 11.0 Å². The number of likely N-dealkylation sites (tertiary alicyclic amines) is 1. The van der Waals surface area contributed by atoms with Crippen molar-refractivity contribution in [3.63, 3.8) is 0 Å². The normalized spacial score (nSPS) is 17.5. The van der Waals surface area contributed by atoms with Gasteiger partial charge in [0, 0.05) is 24.7 Å². The van der Waals surface area contributed by atoms with Crippen molar-refractivity contribution in [2.45, 2.75) is 19.1 Å². The number of benzene rings is 1. The van der Waals surface area contributed by atoms with Crippen molar-refractivity contribution in [2.75, 3.05) is 13.1 Å². The van der Waals surface area contributed by atoms with E-state index < -0.39 is 6.10 Å². The Labute approximate surface area is 139 Å². The Morgan fingerprint density at radius 3 is 2.83 bits per heavy atom. The summed E-state index contributed by atoms with van der Waals surface area (Å²) >= 11 is 0. The largest absolute Gasteiger partial charge is 0.391 e. The molecule has 1 atom stereocenters. The zero-order chi connectivity index (χ0) is 16.5. The Morgan fingerprint density at radius 1 is 1.25 bits per heavy atom. The average molecular weight is 322 g/mol. The molecule has 1 aromatic carbocycles. The molecule has 0 unspecified atom stereocenters. The van der Waals surface area contributed by atoms with Gasteiger partial charge in [-0.25, -0.2) is 9.67 Å². The number of fused-ring (bicyclic) bond motifs is 1. The van der Waals surface area contributed by atoms with E-state index in [0.717, 1.165) is 16.6 Å². The number of aliphatic hydroxyl groups is 1. The number of hydrogen-bond donors (Lipinski definition) is 1. The number of pyridine rings is 1. The van der Waals surface area contributed by atoms with Gasteiger partial charge in [-0.1, -0.05) is 30.3 Å². The number of nitrogens with zero attached hydrogens (tertiary/aromatic N) is 4. The number of β-amino-alcohol motifs (C(OH)–C–C–N with tert-alkyl or cyclic N) is 1. The Kier molecular flexibility index (Phi) is 3.74. The van der Waals surface area contributed by atoms with Crippen molar-refractivity contribution in [3.8, 4) is 0 Å².